The Hall–Kier alpha value is -2.09. The zero-order valence-electron chi connectivity index (χ0n) is 15.2. The van der Waals surface area contributed by atoms with Crippen molar-refractivity contribution >= 4 is 33.2 Å². The summed E-state index contributed by atoms with van der Waals surface area (Å²) in [5, 5.41) is 3.43. The summed E-state index contributed by atoms with van der Waals surface area (Å²) >= 11 is 6.03. The van der Waals surface area contributed by atoms with Gasteiger partial charge in [0.15, 0.2) is 0 Å². The van der Waals surface area contributed by atoms with E-state index in [1.165, 1.54) is 10.4 Å². The lowest BCUT2D eigenvalue weighted by Crippen LogP contribution is -2.32. The minimum atomic E-state index is -3.52. The standard InChI is InChI=1S/C20H21ClN2O4S/c21-16-6-7-19-14(11-16)10-15(13-27-19)20(24)22-17-4-3-5-18(12-17)28(25,26)23-8-1-2-9-23/h3-7,11-12,15H,1-2,8-10,13H2,(H,22,24). The minimum absolute atomic E-state index is 0.198. The molecule has 1 unspecified atom stereocenters. The number of hydrogen-bond acceptors (Lipinski definition) is 4. The van der Waals surface area contributed by atoms with Crippen LogP contribution in [-0.4, -0.2) is 38.3 Å². The van der Waals surface area contributed by atoms with E-state index in [0.717, 1.165) is 24.2 Å². The number of benzene rings is 2. The first-order valence-corrected chi connectivity index (χ1v) is 11.1. The fourth-order valence-corrected chi connectivity index (χ4v) is 5.35. The van der Waals surface area contributed by atoms with Crippen LogP contribution in [0.4, 0.5) is 5.69 Å². The van der Waals surface area contributed by atoms with Crippen LogP contribution < -0.4 is 10.1 Å². The van der Waals surface area contributed by atoms with Crippen molar-refractivity contribution in [2.75, 3.05) is 25.0 Å². The Morgan fingerprint density at radius 2 is 1.93 bits per heavy atom. The van der Waals surface area contributed by atoms with Crippen molar-refractivity contribution in [1.29, 1.82) is 0 Å². The van der Waals surface area contributed by atoms with E-state index in [1.807, 2.05) is 0 Å². The van der Waals surface area contributed by atoms with Crippen molar-refractivity contribution in [2.24, 2.45) is 5.92 Å². The van der Waals surface area contributed by atoms with Crippen molar-refractivity contribution < 1.29 is 17.9 Å². The molecule has 2 aliphatic rings. The molecule has 0 bridgehead atoms. The van der Waals surface area contributed by atoms with Gasteiger partial charge in [-0.05, 0) is 61.2 Å². The van der Waals surface area contributed by atoms with Crippen LogP contribution in [0, 0.1) is 5.92 Å². The summed E-state index contributed by atoms with van der Waals surface area (Å²) in [6.45, 7) is 1.35. The first kappa shape index (κ1) is 19.2. The molecular formula is C20H21ClN2O4S. The Balaban J connectivity index is 1.48. The number of fused-ring (bicyclic) bond motifs is 1. The van der Waals surface area contributed by atoms with E-state index < -0.39 is 10.0 Å². The van der Waals surface area contributed by atoms with Crippen LogP contribution in [0.25, 0.3) is 0 Å². The maximum atomic E-state index is 12.7. The number of ether oxygens (including phenoxy) is 1. The highest BCUT2D eigenvalue weighted by atomic mass is 35.5. The molecule has 1 atom stereocenters. The van der Waals surface area contributed by atoms with Gasteiger partial charge in [-0.1, -0.05) is 17.7 Å². The van der Waals surface area contributed by atoms with Crippen LogP contribution in [0.15, 0.2) is 47.4 Å². The van der Waals surface area contributed by atoms with Crippen molar-refractivity contribution in [3.63, 3.8) is 0 Å². The predicted molar refractivity (Wildman–Crippen MR) is 107 cm³/mol. The number of amides is 1. The third-order valence-electron chi connectivity index (χ3n) is 5.10. The molecular weight excluding hydrogens is 400 g/mol. The predicted octanol–water partition coefficient (Wildman–Crippen LogP) is 3.31. The van der Waals surface area contributed by atoms with Crippen LogP contribution in [0.1, 0.15) is 18.4 Å². The molecule has 1 amide bonds. The van der Waals surface area contributed by atoms with Gasteiger partial charge in [-0.15, -0.1) is 0 Å². The zero-order chi connectivity index (χ0) is 19.7. The average molecular weight is 421 g/mol. The second kappa shape index (κ2) is 7.73. The van der Waals surface area contributed by atoms with E-state index in [1.54, 1.807) is 36.4 Å². The normalized spacial score (nSPS) is 19.7. The molecule has 6 nitrogen and oxygen atoms in total. The van der Waals surface area contributed by atoms with E-state index >= 15 is 0 Å². The number of hydrogen-bond donors (Lipinski definition) is 1. The SMILES string of the molecule is O=C(Nc1cccc(S(=O)(=O)N2CCCC2)c1)C1COc2ccc(Cl)cc2C1. The Morgan fingerprint density at radius 3 is 2.71 bits per heavy atom. The number of carbonyl (C=O) groups excluding carboxylic acids is 1. The van der Waals surface area contributed by atoms with E-state index in [2.05, 4.69) is 5.32 Å². The molecule has 28 heavy (non-hydrogen) atoms. The average Bonchev–Trinajstić information content (AvgIpc) is 3.23. The summed E-state index contributed by atoms with van der Waals surface area (Å²) in [4.78, 5) is 12.9. The van der Waals surface area contributed by atoms with Gasteiger partial charge >= 0.3 is 0 Å². The van der Waals surface area contributed by atoms with Gasteiger partial charge in [0.05, 0.1) is 10.8 Å². The molecule has 1 saturated heterocycles. The third kappa shape index (κ3) is 3.87. The molecule has 2 heterocycles. The Labute approximate surface area is 169 Å². The molecule has 2 aromatic rings. The summed E-state index contributed by atoms with van der Waals surface area (Å²) in [6.07, 6.45) is 2.28. The van der Waals surface area contributed by atoms with Gasteiger partial charge in [0.1, 0.15) is 12.4 Å². The highest BCUT2D eigenvalue weighted by molar-refractivity contribution is 7.89. The van der Waals surface area contributed by atoms with Gasteiger partial charge in [0, 0.05) is 23.8 Å². The Morgan fingerprint density at radius 1 is 1.14 bits per heavy atom. The minimum Gasteiger partial charge on any atom is -0.492 e. The van der Waals surface area contributed by atoms with Crippen molar-refractivity contribution in [3.05, 3.63) is 53.1 Å². The van der Waals surface area contributed by atoms with Crippen molar-refractivity contribution in [1.82, 2.24) is 4.31 Å². The van der Waals surface area contributed by atoms with Gasteiger partial charge in [-0.2, -0.15) is 4.31 Å². The smallest absolute Gasteiger partial charge is 0.243 e. The number of carbonyl (C=O) groups is 1. The van der Waals surface area contributed by atoms with Gasteiger partial charge in [0.2, 0.25) is 15.9 Å². The van der Waals surface area contributed by atoms with E-state index in [0.29, 0.717) is 30.2 Å². The maximum absolute atomic E-state index is 12.7. The van der Waals surface area contributed by atoms with Crippen LogP contribution in [0.2, 0.25) is 5.02 Å². The zero-order valence-corrected chi connectivity index (χ0v) is 16.8. The highest BCUT2D eigenvalue weighted by Crippen LogP contribution is 2.30. The van der Waals surface area contributed by atoms with Gasteiger partial charge in [-0.25, -0.2) is 8.42 Å². The number of sulfonamides is 1. The van der Waals surface area contributed by atoms with Crippen LogP contribution in [-0.2, 0) is 21.2 Å². The largest absolute Gasteiger partial charge is 0.492 e. The number of anilines is 1. The summed E-state index contributed by atoms with van der Waals surface area (Å²) < 4.78 is 32.6. The Bertz CT molecular complexity index is 1000. The molecule has 1 fully saturated rings. The topological polar surface area (TPSA) is 75.7 Å². The molecule has 2 aliphatic heterocycles. The molecule has 2 aromatic carbocycles. The Kier molecular flexibility index (Phi) is 5.31. The van der Waals surface area contributed by atoms with Crippen molar-refractivity contribution in [2.45, 2.75) is 24.2 Å². The highest BCUT2D eigenvalue weighted by Gasteiger charge is 2.29. The fraction of sp³-hybridized carbons (Fsp3) is 0.350. The van der Waals surface area contributed by atoms with Crippen LogP contribution >= 0.6 is 11.6 Å². The number of rotatable bonds is 4. The summed E-state index contributed by atoms with van der Waals surface area (Å²) in [7, 11) is -3.52. The molecule has 0 spiro atoms. The van der Waals surface area contributed by atoms with E-state index in [9.17, 15) is 13.2 Å². The molecule has 8 heteroatoms. The molecule has 0 aromatic heterocycles. The monoisotopic (exact) mass is 420 g/mol. The summed E-state index contributed by atoms with van der Waals surface area (Å²) in [5.41, 5.74) is 1.35. The van der Waals surface area contributed by atoms with Crippen molar-refractivity contribution in [3.8, 4) is 5.75 Å². The second-order valence-corrected chi connectivity index (χ2v) is 9.47. The molecule has 4 rings (SSSR count). The molecule has 0 radical (unpaired) electrons. The molecule has 0 saturated carbocycles. The molecule has 0 aliphatic carbocycles. The first-order chi connectivity index (χ1) is 13.4. The third-order valence-corrected chi connectivity index (χ3v) is 7.23. The molecule has 148 valence electrons. The summed E-state index contributed by atoms with van der Waals surface area (Å²) in [6, 6.07) is 11.8. The van der Waals surface area contributed by atoms with E-state index in [4.69, 9.17) is 16.3 Å². The quantitative estimate of drug-likeness (QED) is 0.823. The van der Waals surface area contributed by atoms with E-state index in [-0.39, 0.29) is 23.3 Å². The number of nitrogens with one attached hydrogen (secondary N) is 1. The fourth-order valence-electron chi connectivity index (χ4n) is 3.59. The number of nitrogens with zero attached hydrogens (tertiary/aromatic N) is 1. The number of halogens is 1. The second-order valence-electron chi connectivity index (χ2n) is 7.09. The van der Waals surface area contributed by atoms with Gasteiger partial charge in [0.25, 0.3) is 0 Å². The van der Waals surface area contributed by atoms with Crippen LogP contribution in [0.3, 0.4) is 0 Å². The lowest BCUT2D eigenvalue weighted by atomic mass is 9.96. The van der Waals surface area contributed by atoms with Crippen LogP contribution in [0.5, 0.6) is 5.75 Å². The van der Waals surface area contributed by atoms with Gasteiger partial charge < -0.3 is 10.1 Å². The molecule has 1 N–H and O–H groups in total. The lowest BCUT2D eigenvalue weighted by molar-refractivity contribution is -0.121. The lowest BCUT2D eigenvalue weighted by Gasteiger charge is -2.25. The first-order valence-electron chi connectivity index (χ1n) is 9.26. The summed E-state index contributed by atoms with van der Waals surface area (Å²) in [5.74, 6) is 0.165. The maximum Gasteiger partial charge on any atom is 0.243 e. The van der Waals surface area contributed by atoms with Gasteiger partial charge in [-0.3, -0.25) is 4.79 Å².